The number of aromatic nitrogens is 4. The number of H-pyrrole nitrogens is 1. The maximum atomic E-state index is 13.3. The van der Waals surface area contributed by atoms with Crippen LogP contribution in [0.3, 0.4) is 0 Å². The van der Waals surface area contributed by atoms with Gasteiger partial charge in [-0.25, -0.2) is 14.6 Å². The van der Waals surface area contributed by atoms with Crippen LogP contribution in [-0.4, -0.2) is 56.4 Å². The average Bonchev–Trinajstić information content (AvgIpc) is 3.55. The molecule has 4 N–H and O–H groups in total. The number of carbonyl (C=O) groups excluding carboxylic acids is 2. The van der Waals surface area contributed by atoms with Gasteiger partial charge in [-0.3, -0.25) is 9.78 Å². The van der Waals surface area contributed by atoms with Crippen LogP contribution in [-0.2, 0) is 16.0 Å². The Hall–Kier alpha value is -6.47. The molecule has 13 nitrogen and oxygen atoms in total. The van der Waals surface area contributed by atoms with Crippen LogP contribution in [0.1, 0.15) is 27.1 Å². The second-order valence-electron chi connectivity index (χ2n) is 11.5. The quantitative estimate of drug-likeness (QED) is 0.126. The highest BCUT2D eigenvalue weighted by Crippen LogP contribution is 2.28. The number of para-hydroxylation sites is 2. The minimum atomic E-state index is -1.27. The molecule has 50 heavy (non-hydrogen) atoms. The van der Waals surface area contributed by atoms with Gasteiger partial charge in [0.2, 0.25) is 5.95 Å². The molecule has 0 bridgehead atoms. The van der Waals surface area contributed by atoms with Crippen LogP contribution in [0, 0.1) is 5.41 Å². The van der Waals surface area contributed by atoms with E-state index < -0.39 is 29.5 Å². The molecule has 0 radical (unpaired) electrons. The van der Waals surface area contributed by atoms with Gasteiger partial charge in [0.1, 0.15) is 36.2 Å². The lowest BCUT2D eigenvalue weighted by molar-refractivity contribution is -0.0333. The van der Waals surface area contributed by atoms with Gasteiger partial charge in [-0.2, -0.15) is 4.98 Å². The molecular formula is C37H33N5O8. The summed E-state index contributed by atoms with van der Waals surface area (Å²) >= 11 is 0. The average molecular weight is 676 g/mol. The van der Waals surface area contributed by atoms with Crippen LogP contribution in [0.2, 0.25) is 0 Å². The number of nitrogen functional groups attached to an aromatic ring is 1. The molecule has 6 rings (SSSR count). The number of nitrogens with zero attached hydrogens (tertiary/aromatic N) is 3. The number of anilines is 1. The maximum Gasteiger partial charge on any atom is 0.338 e. The van der Waals surface area contributed by atoms with Crippen molar-refractivity contribution in [1.82, 2.24) is 19.5 Å². The second-order valence-corrected chi connectivity index (χ2v) is 11.5. The van der Waals surface area contributed by atoms with Crippen molar-refractivity contribution in [2.45, 2.75) is 13.0 Å². The number of esters is 2. The normalized spacial score (nSPS) is 11.2. The van der Waals surface area contributed by atoms with Gasteiger partial charge in [-0.15, -0.1) is 0 Å². The maximum absolute atomic E-state index is 13.3. The molecule has 6 aromatic rings. The molecule has 0 fully saturated rings. The number of hydrogen-bond donors (Lipinski definition) is 3. The zero-order chi connectivity index (χ0) is 34.9. The number of aliphatic hydroxyl groups is 1. The topological polar surface area (TPSA) is 181 Å². The van der Waals surface area contributed by atoms with Crippen LogP contribution in [0.4, 0.5) is 5.95 Å². The highest BCUT2D eigenvalue weighted by atomic mass is 16.5. The van der Waals surface area contributed by atoms with Gasteiger partial charge in [0, 0.05) is 6.54 Å². The second kappa shape index (κ2) is 15.2. The van der Waals surface area contributed by atoms with Gasteiger partial charge < -0.3 is 34.4 Å². The van der Waals surface area contributed by atoms with Crippen LogP contribution in [0.15, 0.2) is 120 Å². The van der Waals surface area contributed by atoms with Crippen molar-refractivity contribution in [2.24, 2.45) is 5.41 Å². The molecule has 13 heteroatoms. The Morgan fingerprint density at radius 3 is 1.80 bits per heavy atom. The minimum absolute atomic E-state index is 0.0851. The van der Waals surface area contributed by atoms with E-state index in [-0.39, 0.29) is 54.4 Å². The summed E-state index contributed by atoms with van der Waals surface area (Å²) in [6.45, 7) is -1.01. The Bertz CT molecular complexity index is 2050. The number of imidazole rings is 1. The molecule has 0 saturated carbocycles. The Kier molecular flexibility index (Phi) is 10.1. The summed E-state index contributed by atoms with van der Waals surface area (Å²) in [6.07, 6.45) is 1.54. The Morgan fingerprint density at radius 1 is 0.760 bits per heavy atom. The van der Waals surface area contributed by atoms with E-state index in [4.69, 9.17) is 24.7 Å². The molecule has 0 aliphatic rings. The van der Waals surface area contributed by atoms with Gasteiger partial charge in [0.15, 0.2) is 11.2 Å². The Balaban J connectivity index is 1.19. The van der Waals surface area contributed by atoms with Crippen molar-refractivity contribution in [2.75, 3.05) is 25.6 Å². The molecule has 0 atom stereocenters. The third-order valence-corrected chi connectivity index (χ3v) is 7.83. The standard InChI is InChI=1S/C37H33N5O8/c38-36-40-32-31(33(44)41-36)39-24-42(32)18-17-37(21-43,22-47-34(45)25-9-7-15-29(19-25)49-27-11-3-1-4-12-27)23-48-35(46)26-10-8-16-30(20-26)50-28-13-5-2-6-14-28/h1-16,19-20,24,43H,17-18,21-23H2,(H3,38,40,41,44). The summed E-state index contributed by atoms with van der Waals surface area (Å²) in [5.74, 6) is 0.626. The van der Waals surface area contributed by atoms with Gasteiger partial charge in [-0.05, 0) is 67.1 Å². The van der Waals surface area contributed by atoms with E-state index in [0.717, 1.165) is 0 Å². The molecule has 0 aliphatic carbocycles. The van der Waals surface area contributed by atoms with Crippen molar-refractivity contribution < 1.29 is 33.6 Å². The van der Waals surface area contributed by atoms with Crippen molar-refractivity contribution in [1.29, 1.82) is 0 Å². The van der Waals surface area contributed by atoms with Crippen molar-refractivity contribution in [3.63, 3.8) is 0 Å². The highest BCUT2D eigenvalue weighted by Gasteiger charge is 2.34. The van der Waals surface area contributed by atoms with Crippen molar-refractivity contribution in [3.05, 3.63) is 137 Å². The largest absolute Gasteiger partial charge is 0.461 e. The van der Waals surface area contributed by atoms with E-state index in [0.29, 0.717) is 23.0 Å². The number of hydrogen-bond acceptors (Lipinski definition) is 11. The summed E-state index contributed by atoms with van der Waals surface area (Å²) in [5.41, 5.74) is 4.74. The lowest BCUT2D eigenvalue weighted by atomic mass is 9.87. The smallest absolute Gasteiger partial charge is 0.338 e. The molecule has 0 unspecified atom stereocenters. The number of aromatic amines is 1. The fourth-order valence-electron chi connectivity index (χ4n) is 5.07. The number of aliphatic hydroxyl groups excluding tert-OH is 1. The summed E-state index contributed by atoms with van der Waals surface area (Å²) in [7, 11) is 0. The van der Waals surface area contributed by atoms with Crippen LogP contribution in [0.5, 0.6) is 23.0 Å². The molecule has 0 spiro atoms. The van der Waals surface area contributed by atoms with Gasteiger partial charge in [0.25, 0.3) is 5.56 Å². The first-order valence-corrected chi connectivity index (χ1v) is 15.6. The minimum Gasteiger partial charge on any atom is -0.461 e. The Morgan fingerprint density at radius 2 is 1.28 bits per heavy atom. The van der Waals surface area contributed by atoms with Gasteiger partial charge in [-0.1, -0.05) is 48.5 Å². The van der Waals surface area contributed by atoms with Gasteiger partial charge in [0.05, 0.1) is 29.5 Å². The molecule has 0 saturated heterocycles. The number of fused-ring (bicyclic) bond motifs is 1. The molecule has 2 aromatic heterocycles. The SMILES string of the molecule is Nc1nc2c(ncn2CCC(CO)(COC(=O)c2cccc(Oc3ccccc3)c2)COC(=O)c2cccc(Oc3ccccc3)c2)c(=O)[nH]1. The van der Waals surface area contributed by atoms with E-state index in [1.165, 1.54) is 6.33 Å². The number of nitrogens with two attached hydrogens (primary N) is 1. The predicted octanol–water partition coefficient (Wildman–Crippen LogP) is 5.37. The third kappa shape index (κ3) is 8.14. The van der Waals surface area contributed by atoms with E-state index in [9.17, 15) is 19.5 Å². The molecule has 0 aliphatic heterocycles. The first-order valence-electron chi connectivity index (χ1n) is 15.6. The molecule has 2 heterocycles. The first kappa shape index (κ1) is 33.4. The molecule has 0 amide bonds. The lowest BCUT2D eigenvalue weighted by Crippen LogP contribution is -2.39. The zero-order valence-corrected chi connectivity index (χ0v) is 26.7. The number of nitrogens with one attached hydrogen (secondary N) is 1. The summed E-state index contributed by atoms with van der Waals surface area (Å²) < 4.78 is 24.8. The van der Waals surface area contributed by atoms with Crippen molar-refractivity contribution >= 4 is 29.1 Å². The summed E-state index contributed by atoms with van der Waals surface area (Å²) in [6, 6.07) is 31.2. The lowest BCUT2D eigenvalue weighted by Gasteiger charge is -2.31. The Labute approximate surface area is 285 Å². The fourth-order valence-corrected chi connectivity index (χ4v) is 5.07. The summed E-state index contributed by atoms with van der Waals surface area (Å²) in [4.78, 5) is 49.6. The molecular weight excluding hydrogens is 642 g/mol. The first-order chi connectivity index (χ1) is 24.3. The number of benzene rings is 4. The van der Waals surface area contributed by atoms with Crippen LogP contribution < -0.4 is 20.8 Å². The van der Waals surface area contributed by atoms with E-state index in [2.05, 4.69) is 15.0 Å². The zero-order valence-electron chi connectivity index (χ0n) is 26.7. The number of ether oxygens (including phenoxy) is 4. The van der Waals surface area contributed by atoms with Crippen LogP contribution in [0.25, 0.3) is 11.2 Å². The molecule has 254 valence electrons. The van der Waals surface area contributed by atoms with Gasteiger partial charge >= 0.3 is 11.9 Å². The van der Waals surface area contributed by atoms with E-state index in [1.807, 2.05) is 36.4 Å². The number of aryl methyl sites for hydroxylation is 1. The predicted molar refractivity (Wildman–Crippen MR) is 183 cm³/mol. The van der Waals surface area contributed by atoms with E-state index >= 15 is 0 Å². The fraction of sp³-hybridized carbons (Fsp3) is 0.162. The number of carbonyl (C=O) groups is 2. The monoisotopic (exact) mass is 675 g/mol. The molecule has 4 aromatic carbocycles. The number of rotatable bonds is 14. The van der Waals surface area contributed by atoms with Crippen molar-refractivity contribution in [3.8, 4) is 23.0 Å². The summed E-state index contributed by atoms with van der Waals surface area (Å²) in [5, 5.41) is 10.8. The van der Waals surface area contributed by atoms with Crippen LogP contribution >= 0.6 is 0 Å². The highest BCUT2D eigenvalue weighted by molar-refractivity contribution is 5.90. The van der Waals surface area contributed by atoms with E-state index in [1.54, 1.807) is 77.4 Å². The third-order valence-electron chi connectivity index (χ3n) is 7.83.